The monoisotopic (exact) mass is 275 g/mol. The van der Waals surface area contributed by atoms with Crippen LogP contribution in [-0.4, -0.2) is 23.7 Å². The molecule has 1 fully saturated rings. The number of nitrogen functional groups attached to an aromatic ring is 1. The predicted molar refractivity (Wildman–Crippen MR) is 79.6 cm³/mol. The lowest BCUT2D eigenvalue weighted by Gasteiger charge is -2.28. The zero-order chi connectivity index (χ0) is 14.1. The van der Waals surface area contributed by atoms with E-state index in [0.29, 0.717) is 12.1 Å². The summed E-state index contributed by atoms with van der Waals surface area (Å²) in [5.41, 5.74) is 9.32. The Labute approximate surface area is 118 Å². The van der Waals surface area contributed by atoms with Crippen LogP contribution in [0.5, 0.6) is 0 Å². The lowest BCUT2D eigenvalue weighted by molar-refractivity contribution is -0.115. The fraction of sp³-hybridized carbons (Fsp3) is 0.533. The molecule has 5 nitrogen and oxygen atoms in total. The highest BCUT2D eigenvalue weighted by atomic mass is 16.3. The van der Waals surface area contributed by atoms with Gasteiger partial charge in [0.05, 0.1) is 23.9 Å². The molecule has 1 amide bonds. The molecule has 20 heavy (non-hydrogen) atoms. The van der Waals surface area contributed by atoms with E-state index in [1.165, 1.54) is 6.42 Å². The van der Waals surface area contributed by atoms with Crippen LogP contribution in [0.2, 0.25) is 0 Å². The van der Waals surface area contributed by atoms with Gasteiger partial charge in [-0.15, -0.1) is 0 Å². The van der Waals surface area contributed by atoms with Gasteiger partial charge in [-0.1, -0.05) is 12.8 Å². The van der Waals surface area contributed by atoms with Crippen LogP contribution in [0.4, 0.5) is 17.1 Å². The first kappa shape index (κ1) is 13.2. The Hall–Kier alpha value is -1.75. The molecule has 0 saturated heterocycles. The lowest BCUT2D eigenvalue weighted by atomic mass is 9.86. The molecule has 0 bridgehead atoms. The zero-order valence-electron chi connectivity index (χ0n) is 11.5. The minimum Gasteiger partial charge on any atom is -0.397 e. The molecule has 2 atom stereocenters. The molecule has 1 saturated carbocycles. The number of fused-ring (bicyclic) bond motifs is 1. The van der Waals surface area contributed by atoms with Crippen molar-refractivity contribution in [1.82, 2.24) is 0 Å². The first-order valence-electron chi connectivity index (χ1n) is 7.27. The van der Waals surface area contributed by atoms with Gasteiger partial charge in [0.2, 0.25) is 5.91 Å². The Kier molecular flexibility index (Phi) is 3.53. The molecule has 3 rings (SSSR count). The van der Waals surface area contributed by atoms with E-state index in [4.69, 9.17) is 5.73 Å². The number of aliphatic hydroxyl groups excluding tert-OH is 1. The van der Waals surface area contributed by atoms with Gasteiger partial charge in [-0.25, -0.2) is 0 Å². The molecule has 1 aliphatic heterocycles. The number of aliphatic hydroxyl groups is 1. The fourth-order valence-corrected chi connectivity index (χ4v) is 3.11. The number of amides is 1. The topological polar surface area (TPSA) is 87.4 Å². The molecule has 108 valence electrons. The highest BCUT2D eigenvalue weighted by molar-refractivity contribution is 6.00. The minimum atomic E-state index is -0.216. The number of nitrogens with two attached hydrogens (primary N) is 1. The van der Waals surface area contributed by atoms with Crippen molar-refractivity contribution in [1.29, 1.82) is 0 Å². The maximum Gasteiger partial charge on any atom is 0.228 e. The van der Waals surface area contributed by atoms with Crippen molar-refractivity contribution in [3.8, 4) is 0 Å². The Bertz CT molecular complexity index is 530. The predicted octanol–water partition coefficient (Wildman–Crippen LogP) is 1.73. The van der Waals surface area contributed by atoms with Crippen LogP contribution in [0.25, 0.3) is 0 Å². The van der Waals surface area contributed by atoms with Crippen molar-refractivity contribution in [2.24, 2.45) is 5.92 Å². The summed E-state index contributed by atoms with van der Waals surface area (Å²) in [6.07, 6.45) is 4.43. The summed E-state index contributed by atoms with van der Waals surface area (Å²) in [6.45, 7) is 0.720. The van der Waals surface area contributed by atoms with Crippen LogP contribution >= 0.6 is 0 Å². The van der Waals surface area contributed by atoms with Gasteiger partial charge in [0.1, 0.15) is 0 Å². The summed E-state index contributed by atoms with van der Waals surface area (Å²) in [5, 5.41) is 16.1. The number of nitrogens with one attached hydrogen (secondary N) is 2. The first-order chi connectivity index (χ1) is 9.63. The van der Waals surface area contributed by atoms with E-state index in [0.717, 1.165) is 42.7 Å². The molecule has 0 spiro atoms. The summed E-state index contributed by atoms with van der Waals surface area (Å²) < 4.78 is 0. The number of rotatable bonds is 3. The van der Waals surface area contributed by atoms with E-state index in [1.807, 2.05) is 12.1 Å². The molecule has 2 unspecified atom stereocenters. The standard InChI is InChI=1S/C15H21N3O2/c16-11-5-10-6-15(20)18-12(10)7-13(11)17-8-9-3-1-2-4-14(9)19/h5,7,9,14,17,19H,1-4,6,8,16H2,(H,18,20). The second-order valence-corrected chi connectivity index (χ2v) is 5.81. The molecule has 0 radical (unpaired) electrons. The smallest absolute Gasteiger partial charge is 0.228 e. The number of carbonyl (C=O) groups is 1. The molecule has 5 heteroatoms. The van der Waals surface area contributed by atoms with Crippen LogP contribution < -0.4 is 16.4 Å². The Morgan fingerprint density at radius 3 is 2.95 bits per heavy atom. The van der Waals surface area contributed by atoms with E-state index >= 15 is 0 Å². The van der Waals surface area contributed by atoms with Crippen LogP contribution in [0.3, 0.4) is 0 Å². The maximum atomic E-state index is 11.4. The third-order valence-electron chi connectivity index (χ3n) is 4.32. The average Bonchev–Trinajstić information content (AvgIpc) is 2.76. The highest BCUT2D eigenvalue weighted by Crippen LogP contribution is 2.32. The summed E-state index contributed by atoms with van der Waals surface area (Å²) in [6, 6.07) is 3.75. The lowest BCUT2D eigenvalue weighted by Crippen LogP contribution is -2.30. The number of carbonyl (C=O) groups excluding carboxylic acids is 1. The molecule has 1 heterocycles. The molecule has 0 aromatic heterocycles. The fourth-order valence-electron chi connectivity index (χ4n) is 3.11. The van der Waals surface area contributed by atoms with E-state index in [1.54, 1.807) is 0 Å². The second kappa shape index (κ2) is 5.32. The quantitative estimate of drug-likeness (QED) is 0.633. The third kappa shape index (κ3) is 2.58. The van der Waals surface area contributed by atoms with Crippen LogP contribution in [0, 0.1) is 5.92 Å². The van der Waals surface area contributed by atoms with Gasteiger partial charge in [-0.05, 0) is 30.5 Å². The Morgan fingerprint density at radius 2 is 2.15 bits per heavy atom. The SMILES string of the molecule is Nc1cc2c(cc1NCC1CCCCC1O)NC(=O)C2. The number of hydrogen-bond donors (Lipinski definition) is 4. The number of hydrogen-bond acceptors (Lipinski definition) is 4. The zero-order valence-corrected chi connectivity index (χ0v) is 11.5. The van der Waals surface area contributed by atoms with Crippen molar-refractivity contribution in [2.75, 3.05) is 22.9 Å². The van der Waals surface area contributed by atoms with Crippen molar-refractivity contribution in [3.05, 3.63) is 17.7 Å². The van der Waals surface area contributed by atoms with E-state index in [-0.39, 0.29) is 17.9 Å². The molecule has 1 aromatic rings. The van der Waals surface area contributed by atoms with E-state index in [9.17, 15) is 9.90 Å². The molecular formula is C15H21N3O2. The maximum absolute atomic E-state index is 11.4. The molecule has 1 aliphatic carbocycles. The highest BCUT2D eigenvalue weighted by Gasteiger charge is 2.23. The van der Waals surface area contributed by atoms with E-state index < -0.39 is 0 Å². The first-order valence-corrected chi connectivity index (χ1v) is 7.27. The van der Waals surface area contributed by atoms with Crippen LogP contribution in [0.1, 0.15) is 31.2 Å². The van der Waals surface area contributed by atoms with Gasteiger partial charge in [-0.2, -0.15) is 0 Å². The summed E-state index contributed by atoms with van der Waals surface area (Å²) in [4.78, 5) is 11.4. The Morgan fingerprint density at radius 1 is 1.35 bits per heavy atom. The van der Waals surface area contributed by atoms with Crippen molar-refractivity contribution >= 4 is 23.0 Å². The summed E-state index contributed by atoms with van der Waals surface area (Å²) >= 11 is 0. The van der Waals surface area contributed by atoms with Gasteiger partial charge in [0.25, 0.3) is 0 Å². The summed E-state index contributed by atoms with van der Waals surface area (Å²) in [5.74, 6) is 0.297. The van der Waals surface area contributed by atoms with Crippen molar-refractivity contribution < 1.29 is 9.90 Å². The van der Waals surface area contributed by atoms with Crippen LogP contribution in [0.15, 0.2) is 12.1 Å². The van der Waals surface area contributed by atoms with Crippen molar-refractivity contribution in [3.63, 3.8) is 0 Å². The van der Waals surface area contributed by atoms with Gasteiger partial charge in [-0.3, -0.25) is 4.79 Å². The normalized spacial score (nSPS) is 25.1. The number of anilines is 3. The van der Waals surface area contributed by atoms with Crippen molar-refractivity contribution in [2.45, 2.75) is 38.2 Å². The molecule has 2 aliphatic rings. The van der Waals surface area contributed by atoms with Gasteiger partial charge in [0, 0.05) is 18.2 Å². The molecule has 5 N–H and O–H groups in total. The van der Waals surface area contributed by atoms with Gasteiger partial charge < -0.3 is 21.5 Å². The Balaban J connectivity index is 1.69. The van der Waals surface area contributed by atoms with E-state index in [2.05, 4.69) is 10.6 Å². The van der Waals surface area contributed by atoms with Crippen LogP contribution in [-0.2, 0) is 11.2 Å². The van der Waals surface area contributed by atoms with Gasteiger partial charge >= 0.3 is 0 Å². The second-order valence-electron chi connectivity index (χ2n) is 5.81. The molecular weight excluding hydrogens is 254 g/mol. The summed E-state index contributed by atoms with van der Waals surface area (Å²) in [7, 11) is 0. The number of benzene rings is 1. The average molecular weight is 275 g/mol. The van der Waals surface area contributed by atoms with Gasteiger partial charge in [0.15, 0.2) is 0 Å². The molecule has 1 aromatic carbocycles. The largest absolute Gasteiger partial charge is 0.397 e. The minimum absolute atomic E-state index is 0.0132. The third-order valence-corrected chi connectivity index (χ3v) is 4.32.